The van der Waals surface area contributed by atoms with Crippen molar-refractivity contribution in [3.05, 3.63) is 36.0 Å². The third-order valence-corrected chi connectivity index (χ3v) is 5.89. The number of hydrogen-bond donors (Lipinski definition) is 8. The molecule has 0 radical (unpaired) electrons. The minimum Gasteiger partial charge on any atom is -0.481 e. The second-order valence-electron chi connectivity index (χ2n) is 9.58. The molecule has 2 aromatic rings. The van der Waals surface area contributed by atoms with Gasteiger partial charge in [-0.15, -0.1) is 0 Å². The summed E-state index contributed by atoms with van der Waals surface area (Å²) in [6, 6.07) is 1.80. The second kappa shape index (κ2) is 13.5. The maximum Gasteiger partial charge on any atom is 0.326 e. The van der Waals surface area contributed by atoms with E-state index in [1.165, 1.54) is 6.92 Å². The Morgan fingerprint density at radius 3 is 2.05 bits per heavy atom. The van der Waals surface area contributed by atoms with Gasteiger partial charge in [0.1, 0.15) is 24.2 Å². The molecule has 13 nitrogen and oxygen atoms in total. The van der Waals surface area contributed by atoms with Crippen molar-refractivity contribution in [3.8, 4) is 0 Å². The predicted octanol–water partition coefficient (Wildman–Crippen LogP) is -0.522. The number of nitrogens with two attached hydrogens (primary N) is 1. The van der Waals surface area contributed by atoms with E-state index in [-0.39, 0.29) is 18.8 Å². The van der Waals surface area contributed by atoms with E-state index < -0.39 is 66.4 Å². The molecule has 3 amide bonds. The maximum atomic E-state index is 13.3. The molecule has 0 aliphatic carbocycles. The highest BCUT2D eigenvalue weighted by molar-refractivity contribution is 5.95. The van der Waals surface area contributed by atoms with Crippen LogP contribution < -0.4 is 21.7 Å². The average Bonchev–Trinajstić information content (AvgIpc) is 3.24. The Kier molecular flexibility index (Phi) is 10.8. The van der Waals surface area contributed by atoms with Crippen molar-refractivity contribution in [3.63, 3.8) is 0 Å². The van der Waals surface area contributed by atoms with Crippen LogP contribution in [0.2, 0.25) is 0 Å². The molecule has 0 fully saturated rings. The number of carboxylic acid groups (broad SMARTS) is 2. The fraction of sp³-hybridized carbons (Fsp3) is 0.480. The summed E-state index contributed by atoms with van der Waals surface area (Å²) in [6.45, 7) is 4.97. The zero-order chi connectivity index (χ0) is 28.6. The van der Waals surface area contributed by atoms with Crippen LogP contribution in [0.25, 0.3) is 10.9 Å². The van der Waals surface area contributed by atoms with Crippen LogP contribution in [0.15, 0.2) is 30.5 Å². The van der Waals surface area contributed by atoms with E-state index in [4.69, 9.17) is 10.8 Å². The highest BCUT2D eigenvalue weighted by Gasteiger charge is 2.32. The predicted molar refractivity (Wildman–Crippen MR) is 137 cm³/mol. The normalized spacial score (nSPS) is 15.2. The lowest BCUT2D eigenvalue weighted by molar-refractivity contribution is -0.147. The third-order valence-electron chi connectivity index (χ3n) is 5.89. The summed E-state index contributed by atoms with van der Waals surface area (Å²) < 4.78 is 0. The van der Waals surface area contributed by atoms with Gasteiger partial charge in [-0.2, -0.15) is 0 Å². The number of fused-ring (bicyclic) bond motifs is 1. The topological polar surface area (TPSA) is 224 Å². The number of aliphatic carboxylic acids is 2. The zero-order valence-electron chi connectivity index (χ0n) is 21.4. The van der Waals surface area contributed by atoms with Gasteiger partial charge in [-0.25, -0.2) is 4.79 Å². The van der Waals surface area contributed by atoms with Gasteiger partial charge in [-0.05, 0) is 30.9 Å². The van der Waals surface area contributed by atoms with Crippen LogP contribution in [-0.4, -0.2) is 80.2 Å². The molecule has 5 unspecified atom stereocenters. The van der Waals surface area contributed by atoms with E-state index in [2.05, 4.69) is 20.9 Å². The van der Waals surface area contributed by atoms with Crippen molar-refractivity contribution in [1.29, 1.82) is 0 Å². The molecule has 0 saturated carbocycles. The first-order valence-corrected chi connectivity index (χ1v) is 12.1. The molecule has 5 atom stereocenters. The van der Waals surface area contributed by atoms with E-state index in [1.54, 1.807) is 12.3 Å². The van der Waals surface area contributed by atoms with Gasteiger partial charge < -0.3 is 42.0 Å². The average molecular weight is 534 g/mol. The maximum absolute atomic E-state index is 13.3. The molecular formula is C25H35N5O8. The van der Waals surface area contributed by atoms with E-state index in [9.17, 15) is 34.2 Å². The van der Waals surface area contributed by atoms with Crippen LogP contribution >= 0.6 is 0 Å². The molecule has 9 N–H and O–H groups in total. The smallest absolute Gasteiger partial charge is 0.326 e. The van der Waals surface area contributed by atoms with Gasteiger partial charge in [0, 0.05) is 23.5 Å². The molecule has 0 aliphatic heterocycles. The number of carbonyl (C=O) groups is 5. The fourth-order valence-corrected chi connectivity index (χ4v) is 3.84. The minimum absolute atomic E-state index is 0.0540. The number of aromatic amines is 1. The first-order chi connectivity index (χ1) is 17.8. The number of aliphatic hydroxyl groups is 1. The van der Waals surface area contributed by atoms with Crippen molar-refractivity contribution in [2.45, 2.75) is 70.3 Å². The molecule has 0 spiro atoms. The first-order valence-electron chi connectivity index (χ1n) is 12.1. The molecule has 1 heterocycles. The van der Waals surface area contributed by atoms with E-state index >= 15 is 0 Å². The first kappa shape index (κ1) is 30.3. The molecule has 1 aromatic carbocycles. The molecule has 2 rings (SSSR count). The van der Waals surface area contributed by atoms with Crippen molar-refractivity contribution in [1.82, 2.24) is 20.9 Å². The second-order valence-corrected chi connectivity index (χ2v) is 9.58. The van der Waals surface area contributed by atoms with Crippen molar-refractivity contribution < 1.29 is 39.3 Å². The molecule has 0 saturated heterocycles. The van der Waals surface area contributed by atoms with Gasteiger partial charge in [0.15, 0.2) is 0 Å². The Balaban J connectivity index is 2.34. The number of carboxylic acids is 2. The number of hydrogen-bond acceptors (Lipinski definition) is 7. The largest absolute Gasteiger partial charge is 0.481 e. The lowest BCUT2D eigenvalue weighted by Gasteiger charge is -2.26. The molecule has 0 aliphatic rings. The Labute approximate surface area is 219 Å². The highest BCUT2D eigenvalue weighted by Crippen LogP contribution is 2.19. The fourth-order valence-electron chi connectivity index (χ4n) is 3.84. The van der Waals surface area contributed by atoms with E-state index in [0.29, 0.717) is 5.56 Å². The lowest BCUT2D eigenvalue weighted by Crippen LogP contribution is -2.58. The van der Waals surface area contributed by atoms with Gasteiger partial charge in [-0.1, -0.05) is 32.0 Å². The Hall–Kier alpha value is -3.97. The molecule has 0 bridgehead atoms. The summed E-state index contributed by atoms with van der Waals surface area (Å²) in [6.07, 6.45) is -0.255. The lowest BCUT2D eigenvalue weighted by atomic mass is 10.00. The third kappa shape index (κ3) is 8.56. The summed E-state index contributed by atoms with van der Waals surface area (Å²) in [5, 5.41) is 36.1. The van der Waals surface area contributed by atoms with Crippen LogP contribution in [0.3, 0.4) is 0 Å². The highest BCUT2D eigenvalue weighted by atomic mass is 16.4. The number of aromatic nitrogens is 1. The Morgan fingerprint density at radius 1 is 0.895 bits per heavy atom. The summed E-state index contributed by atoms with van der Waals surface area (Å²) in [5.41, 5.74) is 7.11. The number of nitrogens with one attached hydrogen (secondary N) is 4. The van der Waals surface area contributed by atoms with Gasteiger partial charge in [0.05, 0.1) is 12.5 Å². The molecular weight excluding hydrogens is 498 g/mol. The summed E-state index contributed by atoms with van der Waals surface area (Å²) in [7, 11) is 0. The van der Waals surface area contributed by atoms with Crippen LogP contribution in [-0.2, 0) is 30.4 Å². The number of carbonyl (C=O) groups excluding carboxylic acids is 3. The summed E-state index contributed by atoms with van der Waals surface area (Å²) in [5.74, 6) is -5.42. The van der Waals surface area contributed by atoms with Crippen molar-refractivity contribution >= 4 is 40.6 Å². The van der Waals surface area contributed by atoms with Gasteiger partial charge >= 0.3 is 11.9 Å². The SMILES string of the molecule is CC(C)CC(NC(=O)C(N)C(C)O)C(=O)NC(Cc1c[nH]c2ccccc12)C(=O)NC(CC(=O)O)C(=O)O. The van der Waals surface area contributed by atoms with Crippen LogP contribution in [0, 0.1) is 5.92 Å². The monoisotopic (exact) mass is 533 g/mol. The standard InChI is InChI=1S/C25H35N5O8/c1-12(2)8-17(29-24(36)21(26)13(3)31)22(34)28-18(23(35)30-19(25(37)38)10-20(32)33)9-14-11-27-16-7-5-4-6-15(14)16/h4-7,11-13,17-19,21,27,31H,8-10,26H2,1-3H3,(H,28,34)(H,29,36)(H,30,35)(H,32,33)(H,37,38). The van der Waals surface area contributed by atoms with Crippen LogP contribution in [0.5, 0.6) is 0 Å². The number of amides is 3. The van der Waals surface area contributed by atoms with Gasteiger partial charge in [0.2, 0.25) is 17.7 Å². The summed E-state index contributed by atoms with van der Waals surface area (Å²) >= 11 is 0. The minimum atomic E-state index is -1.72. The molecule has 208 valence electrons. The summed E-state index contributed by atoms with van der Waals surface area (Å²) in [4.78, 5) is 64.6. The van der Waals surface area contributed by atoms with E-state index in [1.807, 2.05) is 32.0 Å². The Morgan fingerprint density at radius 2 is 1.47 bits per heavy atom. The number of H-pyrrole nitrogens is 1. The van der Waals surface area contributed by atoms with Crippen molar-refractivity contribution in [2.75, 3.05) is 0 Å². The zero-order valence-corrected chi connectivity index (χ0v) is 21.4. The Bertz CT molecular complexity index is 1160. The number of rotatable bonds is 14. The van der Waals surface area contributed by atoms with E-state index in [0.717, 1.165) is 10.9 Å². The quantitative estimate of drug-likeness (QED) is 0.156. The number of aliphatic hydroxyl groups excluding tert-OH is 1. The van der Waals surface area contributed by atoms with Crippen LogP contribution in [0.4, 0.5) is 0 Å². The molecule has 13 heteroatoms. The number of para-hydroxylation sites is 1. The van der Waals surface area contributed by atoms with Gasteiger partial charge in [0.25, 0.3) is 0 Å². The van der Waals surface area contributed by atoms with Crippen molar-refractivity contribution in [2.24, 2.45) is 11.7 Å². The number of benzene rings is 1. The van der Waals surface area contributed by atoms with Gasteiger partial charge in [-0.3, -0.25) is 19.2 Å². The molecule has 38 heavy (non-hydrogen) atoms. The van der Waals surface area contributed by atoms with Crippen LogP contribution in [0.1, 0.15) is 39.2 Å². The molecule has 1 aromatic heterocycles.